The highest BCUT2D eigenvalue weighted by Gasteiger charge is 2.41. The molecule has 1 atom stereocenters. The second-order valence-electron chi connectivity index (χ2n) is 6.54. The Balaban J connectivity index is 1.31. The Morgan fingerprint density at radius 3 is 2.58 bits per heavy atom. The topological polar surface area (TPSA) is 21.3 Å². The van der Waals surface area contributed by atoms with Crippen LogP contribution in [0.1, 0.15) is 37.2 Å². The number of benzene rings is 1. The molecule has 0 radical (unpaired) electrons. The monoisotopic (exact) mass is 257 g/mol. The lowest BCUT2D eigenvalue weighted by Gasteiger charge is -2.18. The normalized spacial score (nSPS) is 25.4. The van der Waals surface area contributed by atoms with Gasteiger partial charge in [-0.05, 0) is 56.0 Å². The van der Waals surface area contributed by atoms with Gasteiger partial charge in [0.05, 0.1) is 6.61 Å². The van der Waals surface area contributed by atoms with E-state index in [2.05, 4.69) is 29.6 Å². The summed E-state index contributed by atoms with van der Waals surface area (Å²) in [6.07, 6.45) is 5.94. The van der Waals surface area contributed by atoms with Gasteiger partial charge in [0.1, 0.15) is 5.75 Å². The van der Waals surface area contributed by atoms with Crippen LogP contribution in [0.25, 0.3) is 0 Å². The van der Waals surface area contributed by atoms with Crippen molar-refractivity contribution >= 4 is 0 Å². The van der Waals surface area contributed by atoms with Gasteiger partial charge in [-0.15, -0.1) is 0 Å². The van der Waals surface area contributed by atoms with Crippen LogP contribution < -0.4 is 10.1 Å². The van der Waals surface area contributed by atoms with E-state index in [1.807, 2.05) is 0 Å². The fourth-order valence-corrected chi connectivity index (χ4v) is 3.59. The van der Waals surface area contributed by atoms with Crippen molar-refractivity contribution in [1.29, 1.82) is 0 Å². The average molecular weight is 257 g/mol. The van der Waals surface area contributed by atoms with Crippen LogP contribution in [0.3, 0.4) is 0 Å². The molecule has 2 fully saturated rings. The predicted molar refractivity (Wildman–Crippen MR) is 76.5 cm³/mol. The van der Waals surface area contributed by atoms with Crippen molar-refractivity contribution in [1.82, 2.24) is 5.32 Å². The fraction of sp³-hybridized carbons (Fsp3) is 0.647. The van der Waals surface area contributed by atoms with E-state index in [9.17, 15) is 0 Å². The summed E-state index contributed by atoms with van der Waals surface area (Å²) >= 11 is 0. The molecule has 102 valence electrons. The summed E-state index contributed by atoms with van der Waals surface area (Å²) in [5.41, 5.74) is 1.39. The van der Waals surface area contributed by atoms with Gasteiger partial charge in [-0.2, -0.15) is 0 Å². The SMILES string of the molecule is c1ccc2c(c1)OCC2CNCC(C1CC1)C1CC1. The molecule has 0 saturated heterocycles. The van der Waals surface area contributed by atoms with E-state index in [0.717, 1.165) is 36.7 Å². The Bertz CT molecular complexity index is 438. The van der Waals surface area contributed by atoms with Crippen molar-refractivity contribution in [2.75, 3.05) is 19.7 Å². The quantitative estimate of drug-likeness (QED) is 0.845. The van der Waals surface area contributed by atoms with Crippen LogP contribution in [0.2, 0.25) is 0 Å². The average Bonchev–Trinajstić information content (AvgIpc) is 3.34. The molecule has 1 N–H and O–H groups in total. The van der Waals surface area contributed by atoms with Crippen LogP contribution in [0.15, 0.2) is 24.3 Å². The van der Waals surface area contributed by atoms with E-state index in [0.29, 0.717) is 5.92 Å². The van der Waals surface area contributed by atoms with Gasteiger partial charge in [0, 0.05) is 18.0 Å². The Labute approximate surface area is 115 Å². The van der Waals surface area contributed by atoms with Gasteiger partial charge < -0.3 is 10.1 Å². The van der Waals surface area contributed by atoms with Crippen LogP contribution in [0.5, 0.6) is 5.75 Å². The molecule has 2 aliphatic carbocycles. The molecule has 1 aromatic rings. The second kappa shape index (κ2) is 4.82. The molecule has 1 unspecified atom stereocenters. The largest absolute Gasteiger partial charge is 0.493 e. The first-order chi connectivity index (χ1) is 9.42. The maximum Gasteiger partial charge on any atom is 0.122 e. The zero-order valence-corrected chi connectivity index (χ0v) is 11.5. The minimum Gasteiger partial charge on any atom is -0.493 e. The lowest BCUT2D eigenvalue weighted by molar-refractivity contribution is 0.317. The molecule has 1 aromatic carbocycles. The van der Waals surface area contributed by atoms with Crippen LogP contribution in [-0.4, -0.2) is 19.7 Å². The fourth-order valence-electron chi connectivity index (χ4n) is 3.59. The van der Waals surface area contributed by atoms with Crippen LogP contribution in [-0.2, 0) is 0 Å². The molecular formula is C17H23NO. The van der Waals surface area contributed by atoms with Gasteiger partial charge in [0.15, 0.2) is 0 Å². The Morgan fingerprint density at radius 1 is 1.11 bits per heavy atom. The highest BCUT2D eigenvalue weighted by atomic mass is 16.5. The molecule has 19 heavy (non-hydrogen) atoms. The zero-order chi connectivity index (χ0) is 12.7. The van der Waals surface area contributed by atoms with E-state index >= 15 is 0 Å². The Kier molecular flexibility index (Phi) is 2.99. The molecule has 4 rings (SSSR count). The standard InChI is InChI=1S/C17H23NO/c1-2-4-17-15(3-1)14(11-19-17)9-18-10-16(12-5-6-12)13-7-8-13/h1-4,12-14,16,18H,5-11H2. The number of hydrogen-bond donors (Lipinski definition) is 1. The summed E-state index contributed by atoms with van der Waals surface area (Å²) < 4.78 is 5.75. The second-order valence-corrected chi connectivity index (χ2v) is 6.54. The number of hydrogen-bond acceptors (Lipinski definition) is 2. The first-order valence-electron chi connectivity index (χ1n) is 7.84. The van der Waals surface area contributed by atoms with Crippen molar-refractivity contribution in [2.24, 2.45) is 17.8 Å². The minimum atomic E-state index is 0.551. The molecule has 1 heterocycles. The maximum atomic E-state index is 5.75. The van der Waals surface area contributed by atoms with Crippen LogP contribution >= 0.6 is 0 Å². The lowest BCUT2D eigenvalue weighted by Crippen LogP contribution is -2.29. The number of para-hydroxylation sites is 1. The summed E-state index contributed by atoms with van der Waals surface area (Å²) in [6.45, 7) is 3.16. The van der Waals surface area contributed by atoms with E-state index in [-0.39, 0.29) is 0 Å². The van der Waals surface area contributed by atoms with Crippen LogP contribution in [0, 0.1) is 17.8 Å². The van der Waals surface area contributed by atoms with Gasteiger partial charge in [0.25, 0.3) is 0 Å². The van der Waals surface area contributed by atoms with Gasteiger partial charge in [0.2, 0.25) is 0 Å². The van der Waals surface area contributed by atoms with Crippen LogP contribution in [0.4, 0.5) is 0 Å². The van der Waals surface area contributed by atoms with Crippen molar-refractivity contribution in [3.8, 4) is 5.75 Å². The molecule has 0 spiro atoms. The van der Waals surface area contributed by atoms with Crippen molar-refractivity contribution < 1.29 is 4.74 Å². The third-order valence-corrected chi connectivity index (χ3v) is 5.02. The highest BCUT2D eigenvalue weighted by Crippen LogP contribution is 2.48. The third kappa shape index (κ3) is 2.51. The summed E-state index contributed by atoms with van der Waals surface area (Å²) in [5, 5.41) is 3.73. The van der Waals surface area contributed by atoms with E-state index < -0.39 is 0 Å². The van der Waals surface area contributed by atoms with E-state index in [1.165, 1.54) is 37.8 Å². The van der Waals surface area contributed by atoms with Gasteiger partial charge in [-0.3, -0.25) is 0 Å². The van der Waals surface area contributed by atoms with Crippen molar-refractivity contribution in [2.45, 2.75) is 31.6 Å². The molecule has 0 bridgehead atoms. The molecule has 1 aliphatic heterocycles. The number of fused-ring (bicyclic) bond motifs is 1. The minimum absolute atomic E-state index is 0.551. The molecular weight excluding hydrogens is 234 g/mol. The van der Waals surface area contributed by atoms with Crippen molar-refractivity contribution in [3.05, 3.63) is 29.8 Å². The molecule has 2 saturated carbocycles. The summed E-state index contributed by atoms with van der Waals surface area (Å²) in [5.74, 6) is 4.71. The predicted octanol–water partition coefficient (Wildman–Crippen LogP) is 3.19. The summed E-state index contributed by atoms with van der Waals surface area (Å²) in [4.78, 5) is 0. The Morgan fingerprint density at radius 2 is 1.84 bits per heavy atom. The molecule has 3 aliphatic rings. The van der Waals surface area contributed by atoms with Gasteiger partial charge in [-0.1, -0.05) is 18.2 Å². The molecule has 0 amide bonds. The molecule has 2 heteroatoms. The first kappa shape index (κ1) is 11.8. The number of rotatable bonds is 6. The summed E-state index contributed by atoms with van der Waals surface area (Å²) in [7, 11) is 0. The lowest BCUT2D eigenvalue weighted by atomic mass is 9.97. The van der Waals surface area contributed by atoms with Crippen molar-refractivity contribution in [3.63, 3.8) is 0 Å². The number of ether oxygens (including phenoxy) is 1. The third-order valence-electron chi connectivity index (χ3n) is 5.02. The highest BCUT2D eigenvalue weighted by molar-refractivity contribution is 5.39. The molecule has 2 nitrogen and oxygen atoms in total. The zero-order valence-electron chi connectivity index (χ0n) is 11.5. The smallest absolute Gasteiger partial charge is 0.122 e. The number of nitrogens with one attached hydrogen (secondary N) is 1. The van der Waals surface area contributed by atoms with Gasteiger partial charge in [-0.25, -0.2) is 0 Å². The van der Waals surface area contributed by atoms with Gasteiger partial charge >= 0.3 is 0 Å². The molecule has 0 aromatic heterocycles. The van der Waals surface area contributed by atoms with E-state index in [1.54, 1.807) is 0 Å². The van der Waals surface area contributed by atoms with E-state index in [4.69, 9.17) is 4.74 Å². The summed E-state index contributed by atoms with van der Waals surface area (Å²) in [6, 6.07) is 8.49. The first-order valence-corrected chi connectivity index (χ1v) is 7.84. The Hall–Kier alpha value is -1.02. The maximum absolute atomic E-state index is 5.75.